The molecule has 1 fully saturated rings. The second-order valence-corrected chi connectivity index (χ2v) is 3.41. The third-order valence-electron chi connectivity index (χ3n) is 2.37. The lowest BCUT2D eigenvalue weighted by atomic mass is 10.0. The van der Waals surface area contributed by atoms with Gasteiger partial charge in [0.25, 0.3) is 0 Å². The summed E-state index contributed by atoms with van der Waals surface area (Å²) in [5.74, 6) is 0. The van der Waals surface area contributed by atoms with Crippen LogP contribution in [0.2, 0.25) is 0 Å². The average Bonchev–Trinajstić information content (AvgIpc) is 2.14. The summed E-state index contributed by atoms with van der Waals surface area (Å²) < 4.78 is 0. The first-order valence-corrected chi connectivity index (χ1v) is 4.98. The SMILES string of the molecule is OCCNCCC1CCCCN1. The van der Waals surface area contributed by atoms with Crippen LogP contribution in [0.1, 0.15) is 25.7 Å². The Morgan fingerprint density at radius 3 is 2.92 bits per heavy atom. The first-order chi connectivity index (χ1) is 5.93. The van der Waals surface area contributed by atoms with Crippen LogP contribution in [-0.4, -0.2) is 37.4 Å². The van der Waals surface area contributed by atoms with Gasteiger partial charge < -0.3 is 15.7 Å². The lowest BCUT2D eigenvalue weighted by molar-refractivity contribution is 0.289. The predicted octanol–water partition coefficient (Wildman–Crippen LogP) is 0.100. The van der Waals surface area contributed by atoms with Crippen molar-refractivity contribution in [2.45, 2.75) is 31.7 Å². The smallest absolute Gasteiger partial charge is 0.0555 e. The van der Waals surface area contributed by atoms with Crippen molar-refractivity contribution in [3.05, 3.63) is 0 Å². The summed E-state index contributed by atoms with van der Waals surface area (Å²) in [5, 5.41) is 15.2. The zero-order valence-corrected chi connectivity index (χ0v) is 7.68. The molecule has 0 saturated carbocycles. The summed E-state index contributed by atoms with van der Waals surface area (Å²) in [6, 6.07) is 0.713. The van der Waals surface area contributed by atoms with Crippen molar-refractivity contribution in [2.24, 2.45) is 0 Å². The molecule has 0 aromatic carbocycles. The van der Waals surface area contributed by atoms with Crippen LogP contribution >= 0.6 is 0 Å². The third kappa shape index (κ3) is 4.04. The molecule has 1 heterocycles. The van der Waals surface area contributed by atoms with Gasteiger partial charge >= 0.3 is 0 Å². The molecular weight excluding hydrogens is 152 g/mol. The lowest BCUT2D eigenvalue weighted by Crippen LogP contribution is -2.36. The zero-order chi connectivity index (χ0) is 8.65. The van der Waals surface area contributed by atoms with Crippen LogP contribution in [0.15, 0.2) is 0 Å². The van der Waals surface area contributed by atoms with E-state index in [2.05, 4.69) is 10.6 Å². The van der Waals surface area contributed by atoms with E-state index in [4.69, 9.17) is 5.11 Å². The Hall–Kier alpha value is -0.120. The quantitative estimate of drug-likeness (QED) is 0.515. The number of aliphatic hydroxyl groups is 1. The molecule has 3 heteroatoms. The fraction of sp³-hybridized carbons (Fsp3) is 1.00. The van der Waals surface area contributed by atoms with E-state index in [0.717, 1.165) is 13.1 Å². The highest BCUT2D eigenvalue weighted by Gasteiger charge is 2.10. The van der Waals surface area contributed by atoms with Gasteiger partial charge in [0.15, 0.2) is 0 Å². The van der Waals surface area contributed by atoms with Gasteiger partial charge in [-0.1, -0.05) is 6.42 Å². The standard InChI is InChI=1S/C9H20N2O/c12-8-7-10-6-4-9-3-1-2-5-11-9/h9-12H,1-8H2. The fourth-order valence-electron chi connectivity index (χ4n) is 1.65. The molecule has 0 aliphatic carbocycles. The van der Waals surface area contributed by atoms with E-state index in [1.54, 1.807) is 0 Å². The lowest BCUT2D eigenvalue weighted by Gasteiger charge is -2.23. The van der Waals surface area contributed by atoms with Crippen LogP contribution in [0.3, 0.4) is 0 Å². The van der Waals surface area contributed by atoms with E-state index < -0.39 is 0 Å². The first-order valence-electron chi connectivity index (χ1n) is 4.98. The minimum absolute atomic E-state index is 0.248. The monoisotopic (exact) mass is 172 g/mol. The van der Waals surface area contributed by atoms with Crippen molar-refractivity contribution in [2.75, 3.05) is 26.2 Å². The van der Waals surface area contributed by atoms with Crippen molar-refractivity contribution in [3.63, 3.8) is 0 Å². The summed E-state index contributed by atoms with van der Waals surface area (Å²) in [6.07, 6.45) is 5.22. The number of piperidine rings is 1. The highest BCUT2D eigenvalue weighted by molar-refractivity contribution is 4.72. The highest BCUT2D eigenvalue weighted by atomic mass is 16.3. The predicted molar refractivity (Wildman–Crippen MR) is 50.2 cm³/mol. The summed E-state index contributed by atoms with van der Waals surface area (Å²) in [4.78, 5) is 0. The molecule has 1 atom stereocenters. The third-order valence-corrected chi connectivity index (χ3v) is 2.37. The maximum Gasteiger partial charge on any atom is 0.0555 e. The molecular formula is C9H20N2O. The molecule has 3 N–H and O–H groups in total. The Balaban J connectivity index is 1.91. The van der Waals surface area contributed by atoms with E-state index in [0.29, 0.717) is 6.04 Å². The molecule has 1 rings (SSSR count). The van der Waals surface area contributed by atoms with E-state index in [9.17, 15) is 0 Å². The van der Waals surface area contributed by atoms with Crippen LogP contribution < -0.4 is 10.6 Å². The van der Waals surface area contributed by atoms with E-state index >= 15 is 0 Å². The van der Waals surface area contributed by atoms with Crippen LogP contribution in [0, 0.1) is 0 Å². The van der Waals surface area contributed by atoms with Crippen molar-refractivity contribution in [1.29, 1.82) is 0 Å². The number of hydrogen-bond acceptors (Lipinski definition) is 3. The van der Waals surface area contributed by atoms with E-state index in [-0.39, 0.29) is 6.61 Å². The highest BCUT2D eigenvalue weighted by Crippen LogP contribution is 2.08. The molecule has 0 aromatic rings. The molecule has 72 valence electrons. The van der Waals surface area contributed by atoms with Gasteiger partial charge in [0.2, 0.25) is 0 Å². The number of aliphatic hydroxyl groups excluding tert-OH is 1. The maximum absolute atomic E-state index is 8.53. The second kappa shape index (κ2) is 6.40. The van der Waals surface area contributed by atoms with Gasteiger partial charge in [0.05, 0.1) is 6.61 Å². The summed E-state index contributed by atoms with van der Waals surface area (Å²) in [5.41, 5.74) is 0. The summed E-state index contributed by atoms with van der Waals surface area (Å²) >= 11 is 0. The normalized spacial score (nSPS) is 24.2. The molecule has 1 unspecified atom stereocenters. The van der Waals surface area contributed by atoms with Crippen molar-refractivity contribution in [3.8, 4) is 0 Å². The molecule has 0 bridgehead atoms. The Bertz CT molecular complexity index is 103. The molecule has 1 saturated heterocycles. The number of rotatable bonds is 5. The summed E-state index contributed by atoms with van der Waals surface area (Å²) in [6.45, 7) is 3.19. The minimum Gasteiger partial charge on any atom is -0.395 e. The topological polar surface area (TPSA) is 44.3 Å². The molecule has 0 radical (unpaired) electrons. The summed E-state index contributed by atoms with van der Waals surface area (Å²) in [7, 11) is 0. The Morgan fingerprint density at radius 1 is 1.33 bits per heavy atom. The molecule has 12 heavy (non-hydrogen) atoms. The van der Waals surface area contributed by atoms with E-state index in [1.165, 1.54) is 32.2 Å². The molecule has 1 aliphatic rings. The maximum atomic E-state index is 8.53. The van der Waals surface area contributed by atoms with Gasteiger partial charge in [-0.2, -0.15) is 0 Å². The zero-order valence-electron chi connectivity index (χ0n) is 7.68. The van der Waals surface area contributed by atoms with Crippen molar-refractivity contribution < 1.29 is 5.11 Å². The molecule has 0 spiro atoms. The van der Waals surface area contributed by atoms with Crippen LogP contribution in [0.5, 0.6) is 0 Å². The van der Waals surface area contributed by atoms with Gasteiger partial charge in [-0.3, -0.25) is 0 Å². The second-order valence-electron chi connectivity index (χ2n) is 3.41. The van der Waals surface area contributed by atoms with Crippen molar-refractivity contribution in [1.82, 2.24) is 10.6 Å². The van der Waals surface area contributed by atoms with Crippen LogP contribution in [0.4, 0.5) is 0 Å². The molecule has 0 amide bonds. The first kappa shape index (κ1) is 9.96. The average molecular weight is 172 g/mol. The Kier molecular flexibility index (Phi) is 5.32. The number of hydrogen-bond donors (Lipinski definition) is 3. The van der Waals surface area contributed by atoms with Crippen molar-refractivity contribution >= 4 is 0 Å². The largest absolute Gasteiger partial charge is 0.395 e. The van der Waals surface area contributed by atoms with Gasteiger partial charge in [-0.25, -0.2) is 0 Å². The van der Waals surface area contributed by atoms with Gasteiger partial charge in [0, 0.05) is 12.6 Å². The molecule has 0 aromatic heterocycles. The van der Waals surface area contributed by atoms with Gasteiger partial charge in [-0.05, 0) is 32.4 Å². The van der Waals surface area contributed by atoms with Crippen LogP contribution in [-0.2, 0) is 0 Å². The molecule has 3 nitrogen and oxygen atoms in total. The van der Waals surface area contributed by atoms with Gasteiger partial charge in [0.1, 0.15) is 0 Å². The van der Waals surface area contributed by atoms with Gasteiger partial charge in [-0.15, -0.1) is 0 Å². The van der Waals surface area contributed by atoms with E-state index in [1.807, 2.05) is 0 Å². The molecule has 1 aliphatic heterocycles. The fourth-order valence-corrected chi connectivity index (χ4v) is 1.65. The Morgan fingerprint density at radius 2 is 2.25 bits per heavy atom. The van der Waals surface area contributed by atoms with Crippen LogP contribution in [0.25, 0.3) is 0 Å². The minimum atomic E-state index is 0.248. The number of nitrogens with one attached hydrogen (secondary N) is 2. The Labute approximate surface area is 74.5 Å².